The van der Waals surface area contributed by atoms with Crippen molar-refractivity contribution in [1.82, 2.24) is 14.9 Å². The van der Waals surface area contributed by atoms with Crippen molar-refractivity contribution in [3.63, 3.8) is 0 Å². The molecule has 4 nitrogen and oxygen atoms in total. The molecule has 0 saturated carbocycles. The van der Waals surface area contributed by atoms with Crippen molar-refractivity contribution < 1.29 is 4.74 Å². The van der Waals surface area contributed by atoms with Crippen LogP contribution in [0.5, 0.6) is 0 Å². The molecule has 0 aromatic carbocycles. The Morgan fingerprint density at radius 3 is 2.56 bits per heavy atom. The second-order valence-electron chi connectivity index (χ2n) is 5.95. The molecule has 1 atom stereocenters. The van der Waals surface area contributed by atoms with Gasteiger partial charge in [0.05, 0.1) is 10.6 Å². The first-order valence-electron chi connectivity index (χ1n) is 6.61. The zero-order chi connectivity index (χ0) is 13.2. The number of hydrogen-bond donors (Lipinski definition) is 1. The van der Waals surface area contributed by atoms with Crippen molar-refractivity contribution in [2.45, 2.75) is 45.1 Å². The summed E-state index contributed by atoms with van der Waals surface area (Å²) in [4.78, 5) is 1.30. The first-order valence-corrected chi connectivity index (χ1v) is 7.39. The van der Waals surface area contributed by atoms with E-state index in [2.05, 4.69) is 35.7 Å². The largest absolute Gasteiger partial charge is 0.381 e. The fourth-order valence-electron chi connectivity index (χ4n) is 2.55. The fourth-order valence-corrected chi connectivity index (χ4v) is 3.62. The molecule has 1 N–H and O–H groups in total. The molecule has 1 unspecified atom stereocenters. The molecule has 1 aliphatic heterocycles. The van der Waals surface area contributed by atoms with E-state index in [-0.39, 0.29) is 5.41 Å². The molecule has 1 aromatic heterocycles. The molecular formula is C13H23N3OS. The highest BCUT2D eigenvalue weighted by Gasteiger charge is 2.31. The van der Waals surface area contributed by atoms with Gasteiger partial charge in [-0.25, -0.2) is 0 Å². The van der Waals surface area contributed by atoms with E-state index in [0.29, 0.717) is 12.0 Å². The van der Waals surface area contributed by atoms with Gasteiger partial charge in [-0.15, -0.1) is 5.10 Å². The molecular weight excluding hydrogens is 246 g/mol. The molecule has 2 heterocycles. The van der Waals surface area contributed by atoms with Gasteiger partial charge in [0.15, 0.2) is 0 Å². The highest BCUT2D eigenvalue weighted by Crippen LogP contribution is 2.36. The summed E-state index contributed by atoms with van der Waals surface area (Å²) >= 11 is 1.54. The second kappa shape index (κ2) is 5.63. The third-order valence-electron chi connectivity index (χ3n) is 3.55. The van der Waals surface area contributed by atoms with E-state index in [4.69, 9.17) is 4.74 Å². The lowest BCUT2D eigenvalue weighted by molar-refractivity contribution is 0.0548. The second-order valence-corrected chi connectivity index (χ2v) is 6.74. The van der Waals surface area contributed by atoms with Crippen molar-refractivity contribution in [3.05, 3.63) is 10.6 Å². The van der Waals surface area contributed by atoms with Crippen LogP contribution in [-0.2, 0) is 10.2 Å². The first-order chi connectivity index (χ1) is 8.54. The Morgan fingerprint density at radius 2 is 2.00 bits per heavy atom. The third-order valence-corrected chi connectivity index (χ3v) is 4.36. The number of hydrogen-bond acceptors (Lipinski definition) is 5. The Bertz CT molecular complexity index is 380. The molecule has 18 heavy (non-hydrogen) atoms. The van der Waals surface area contributed by atoms with Crippen LogP contribution in [-0.4, -0.2) is 29.8 Å². The molecule has 5 heteroatoms. The Kier molecular flexibility index (Phi) is 4.35. The van der Waals surface area contributed by atoms with Gasteiger partial charge in [-0.1, -0.05) is 25.3 Å². The van der Waals surface area contributed by atoms with Gasteiger partial charge in [0.1, 0.15) is 0 Å². The van der Waals surface area contributed by atoms with Crippen molar-refractivity contribution >= 4 is 11.5 Å². The maximum Gasteiger partial charge on any atom is 0.0857 e. The molecule has 0 spiro atoms. The average molecular weight is 269 g/mol. The van der Waals surface area contributed by atoms with Crippen LogP contribution in [0.4, 0.5) is 0 Å². The Morgan fingerprint density at radius 1 is 1.33 bits per heavy atom. The van der Waals surface area contributed by atoms with Crippen molar-refractivity contribution in [2.75, 3.05) is 20.3 Å². The molecule has 2 rings (SSSR count). The van der Waals surface area contributed by atoms with E-state index in [9.17, 15) is 0 Å². The number of nitrogens with zero attached hydrogens (tertiary/aromatic N) is 2. The Labute approximate surface area is 113 Å². The summed E-state index contributed by atoms with van der Waals surface area (Å²) in [6, 6.07) is 0.364. The van der Waals surface area contributed by atoms with Gasteiger partial charge in [-0.3, -0.25) is 0 Å². The molecule has 0 aliphatic carbocycles. The van der Waals surface area contributed by atoms with E-state index in [0.717, 1.165) is 31.7 Å². The minimum Gasteiger partial charge on any atom is -0.381 e. The van der Waals surface area contributed by atoms with Crippen LogP contribution in [0.25, 0.3) is 0 Å². The van der Waals surface area contributed by atoms with Crippen LogP contribution in [0.15, 0.2) is 0 Å². The first kappa shape index (κ1) is 13.9. The Hall–Kier alpha value is -0.520. The van der Waals surface area contributed by atoms with E-state index >= 15 is 0 Å². The maximum absolute atomic E-state index is 5.45. The quantitative estimate of drug-likeness (QED) is 0.916. The van der Waals surface area contributed by atoms with E-state index in [1.807, 2.05) is 7.05 Å². The van der Waals surface area contributed by atoms with Gasteiger partial charge < -0.3 is 10.1 Å². The summed E-state index contributed by atoms with van der Waals surface area (Å²) in [7, 11) is 2.03. The highest BCUT2D eigenvalue weighted by atomic mass is 32.1. The zero-order valence-corrected chi connectivity index (χ0v) is 12.5. The molecule has 1 aromatic rings. The molecule has 0 radical (unpaired) electrons. The van der Waals surface area contributed by atoms with E-state index in [1.54, 1.807) is 0 Å². The molecule has 1 fully saturated rings. The summed E-state index contributed by atoms with van der Waals surface area (Å²) in [5.74, 6) is 0.632. The standard InChI is InChI=1S/C13H23N3OS/c1-13(2,3)12-11(18-16-15-12)10(14-4)9-5-7-17-8-6-9/h9-10,14H,5-8H2,1-4H3. The van der Waals surface area contributed by atoms with Gasteiger partial charge in [-0.05, 0) is 37.3 Å². The van der Waals surface area contributed by atoms with Gasteiger partial charge in [0.25, 0.3) is 0 Å². The smallest absolute Gasteiger partial charge is 0.0857 e. The van der Waals surface area contributed by atoms with Crippen molar-refractivity contribution in [3.8, 4) is 0 Å². The molecule has 1 aliphatic rings. The van der Waals surface area contributed by atoms with Gasteiger partial charge in [-0.2, -0.15) is 0 Å². The van der Waals surface area contributed by atoms with Crippen LogP contribution in [0.1, 0.15) is 50.2 Å². The van der Waals surface area contributed by atoms with Gasteiger partial charge >= 0.3 is 0 Å². The van der Waals surface area contributed by atoms with Gasteiger partial charge in [0, 0.05) is 24.7 Å². The van der Waals surface area contributed by atoms with Gasteiger partial charge in [0.2, 0.25) is 0 Å². The van der Waals surface area contributed by atoms with Crippen LogP contribution in [0.2, 0.25) is 0 Å². The number of ether oxygens (including phenoxy) is 1. The van der Waals surface area contributed by atoms with Crippen molar-refractivity contribution in [2.24, 2.45) is 5.92 Å². The Balaban J connectivity index is 2.24. The molecule has 0 amide bonds. The molecule has 102 valence electrons. The summed E-state index contributed by atoms with van der Waals surface area (Å²) in [5, 5.41) is 7.81. The number of aromatic nitrogens is 2. The lowest BCUT2D eigenvalue weighted by Gasteiger charge is -2.31. The van der Waals surface area contributed by atoms with Crippen LogP contribution < -0.4 is 5.32 Å². The zero-order valence-electron chi connectivity index (χ0n) is 11.7. The third kappa shape index (κ3) is 2.90. The minimum atomic E-state index is 0.0581. The lowest BCUT2D eigenvalue weighted by atomic mass is 9.85. The average Bonchev–Trinajstić information content (AvgIpc) is 2.80. The number of nitrogens with one attached hydrogen (secondary N) is 1. The van der Waals surface area contributed by atoms with Crippen molar-refractivity contribution in [1.29, 1.82) is 0 Å². The van der Waals surface area contributed by atoms with E-state index < -0.39 is 0 Å². The predicted octanol–water partition coefficient (Wildman–Crippen LogP) is 2.52. The summed E-state index contributed by atoms with van der Waals surface area (Å²) < 4.78 is 9.63. The monoisotopic (exact) mass is 269 g/mol. The summed E-state index contributed by atoms with van der Waals surface area (Å²) in [6.07, 6.45) is 2.24. The lowest BCUT2D eigenvalue weighted by Crippen LogP contribution is -2.31. The van der Waals surface area contributed by atoms with Crippen LogP contribution in [0.3, 0.4) is 0 Å². The predicted molar refractivity (Wildman–Crippen MR) is 74.0 cm³/mol. The highest BCUT2D eigenvalue weighted by molar-refractivity contribution is 7.05. The maximum atomic E-state index is 5.45. The summed E-state index contributed by atoms with van der Waals surface area (Å²) in [6.45, 7) is 8.34. The molecule has 0 bridgehead atoms. The van der Waals surface area contributed by atoms with Crippen LogP contribution in [0, 0.1) is 5.92 Å². The van der Waals surface area contributed by atoms with Crippen LogP contribution >= 0.6 is 11.5 Å². The fraction of sp³-hybridized carbons (Fsp3) is 0.846. The van der Waals surface area contributed by atoms with E-state index in [1.165, 1.54) is 16.4 Å². The summed E-state index contributed by atoms with van der Waals surface area (Å²) in [5.41, 5.74) is 1.20. The minimum absolute atomic E-state index is 0.0581. The number of rotatable bonds is 3. The molecule has 1 saturated heterocycles. The normalized spacial score (nSPS) is 20.0. The SMILES string of the molecule is CNC(c1snnc1C(C)(C)C)C1CCOCC1. The topological polar surface area (TPSA) is 47.0 Å².